The predicted molar refractivity (Wildman–Crippen MR) is 215 cm³/mol. The molecule has 1 aromatic heterocycles. The average Bonchev–Trinajstić information content (AvgIpc) is 3.22. The highest BCUT2D eigenvalue weighted by Crippen LogP contribution is 2.39. The van der Waals surface area contributed by atoms with E-state index in [1.807, 2.05) is 54.6 Å². The number of nitrogens with one attached hydrogen (secondary N) is 1. The van der Waals surface area contributed by atoms with Gasteiger partial charge >= 0.3 is 0 Å². The van der Waals surface area contributed by atoms with Crippen molar-refractivity contribution in [3.63, 3.8) is 0 Å². The molecule has 7 rings (SSSR count). The van der Waals surface area contributed by atoms with Crippen molar-refractivity contribution in [1.82, 2.24) is 15.0 Å². The van der Waals surface area contributed by atoms with Crippen LogP contribution in [0.1, 0.15) is 61.3 Å². The van der Waals surface area contributed by atoms with Crippen molar-refractivity contribution in [2.45, 2.75) is 39.0 Å². The molecule has 0 amide bonds. The fourth-order valence-electron chi connectivity index (χ4n) is 6.88. The molecule has 52 heavy (non-hydrogen) atoms. The first-order valence-electron chi connectivity index (χ1n) is 17.9. The Balaban J connectivity index is 1.33. The third-order valence-electron chi connectivity index (χ3n) is 9.90. The first kappa shape index (κ1) is 34.1. The Morgan fingerprint density at radius 1 is 0.827 bits per heavy atom. The van der Waals surface area contributed by atoms with Gasteiger partial charge in [0.05, 0.1) is 11.6 Å². The Labute approximate surface area is 306 Å². The van der Waals surface area contributed by atoms with Gasteiger partial charge in [-0.3, -0.25) is 0 Å². The first-order valence-corrected chi connectivity index (χ1v) is 17.9. The monoisotopic (exact) mass is 675 g/mol. The molecule has 5 aromatic rings. The van der Waals surface area contributed by atoms with Crippen molar-refractivity contribution in [3.05, 3.63) is 179 Å². The van der Waals surface area contributed by atoms with Crippen molar-refractivity contribution >= 4 is 17.3 Å². The number of nitrogens with zero attached hydrogens (tertiary/aromatic N) is 4. The first-order chi connectivity index (χ1) is 25.5. The second-order valence-corrected chi connectivity index (χ2v) is 13.2. The maximum absolute atomic E-state index is 9.36. The van der Waals surface area contributed by atoms with Gasteiger partial charge in [-0.25, -0.2) is 15.0 Å². The standard InChI is InChI=1S/C47H41N5/c1-4-5-18-42(33(3)32(2)35-21-19-34(31-48)20-22-35)44(36-13-8-6-9-14-36)37-23-25-39(26-24-37)46-50-45(38-15-10-7-11-16-38)51-47(52-46)41-27-28-43-40(30-41)17-12-29-49-43/h4-8,10-12,15-28,30,32,49H,1,9,13-14,29H2,2-3H3/b18-5-,42-33-,44-36+. The van der Waals surface area contributed by atoms with E-state index in [1.165, 1.54) is 27.9 Å². The Bertz CT molecular complexity index is 2300. The van der Waals surface area contributed by atoms with E-state index in [4.69, 9.17) is 15.0 Å². The second kappa shape index (κ2) is 15.7. The highest BCUT2D eigenvalue weighted by atomic mass is 15.0. The molecule has 0 spiro atoms. The maximum atomic E-state index is 9.36. The lowest BCUT2D eigenvalue weighted by Gasteiger charge is -2.23. The molecule has 254 valence electrons. The van der Waals surface area contributed by atoms with Gasteiger partial charge in [0, 0.05) is 34.8 Å². The van der Waals surface area contributed by atoms with Gasteiger partial charge in [0.15, 0.2) is 17.5 Å². The number of hydrogen-bond donors (Lipinski definition) is 1. The van der Waals surface area contributed by atoms with Crippen molar-refractivity contribution in [1.29, 1.82) is 5.26 Å². The van der Waals surface area contributed by atoms with Gasteiger partial charge in [-0.2, -0.15) is 5.26 Å². The Morgan fingerprint density at radius 3 is 2.19 bits per heavy atom. The van der Waals surface area contributed by atoms with Crippen LogP contribution in [0.4, 0.5) is 5.69 Å². The molecule has 1 atom stereocenters. The molecule has 1 N–H and O–H groups in total. The predicted octanol–water partition coefficient (Wildman–Crippen LogP) is 11.5. The summed E-state index contributed by atoms with van der Waals surface area (Å²) in [4.78, 5) is 15.0. The summed E-state index contributed by atoms with van der Waals surface area (Å²) >= 11 is 0. The normalized spacial score (nSPS) is 15.6. The van der Waals surface area contributed by atoms with Gasteiger partial charge in [0.2, 0.25) is 0 Å². The summed E-state index contributed by atoms with van der Waals surface area (Å²) in [5, 5.41) is 12.8. The molecular formula is C47H41N5. The lowest BCUT2D eigenvalue weighted by Crippen LogP contribution is -2.05. The summed E-state index contributed by atoms with van der Waals surface area (Å²) in [5.41, 5.74) is 13.1. The molecule has 1 aliphatic heterocycles. The van der Waals surface area contributed by atoms with Gasteiger partial charge in [0.1, 0.15) is 0 Å². The van der Waals surface area contributed by atoms with Gasteiger partial charge in [-0.15, -0.1) is 0 Å². The summed E-state index contributed by atoms with van der Waals surface area (Å²) in [6.45, 7) is 9.28. The van der Waals surface area contributed by atoms with E-state index in [0.29, 0.717) is 23.0 Å². The molecule has 2 heterocycles. The van der Waals surface area contributed by atoms with E-state index in [9.17, 15) is 5.26 Å². The van der Waals surface area contributed by atoms with Crippen molar-refractivity contribution < 1.29 is 0 Å². The number of allylic oxidation sites excluding steroid dienone is 9. The topological polar surface area (TPSA) is 74.5 Å². The summed E-state index contributed by atoms with van der Waals surface area (Å²) in [7, 11) is 0. The van der Waals surface area contributed by atoms with Crippen LogP contribution in [0.25, 0.3) is 45.8 Å². The van der Waals surface area contributed by atoms with Crippen molar-refractivity contribution in [2.24, 2.45) is 0 Å². The molecule has 0 radical (unpaired) electrons. The third-order valence-corrected chi connectivity index (χ3v) is 9.90. The Hall–Kier alpha value is -6.38. The summed E-state index contributed by atoms with van der Waals surface area (Å²) in [5.74, 6) is 2.05. The van der Waals surface area contributed by atoms with E-state index in [0.717, 1.165) is 59.3 Å². The lowest BCUT2D eigenvalue weighted by atomic mass is 9.81. The number of nitriles is 1. The van der Waals surface area contributed by atoms with Crippen LogP contribution >= 0.6 is 0 Å². The minimum atomic E-state index is 0.140. The number of fused-ring (bicyclic) bond motifs is 1. The zero-order valence-electron chi connectivity index (χ0n) is 29.7. The van der Waals surface area contributed by atoms with Crippen LogP contribution in [0.5, 0.6) is 0 Å². The number of aromatic nitrogens is 3. The van der Waals surface area contributed by atoms with Crippen LogP contribution in [0.15, 0.2) is 157 Å². The summed E-state index contributed by atoms with van der Waals surface area (Å²) in [6, 6.07) is 35.3. The number of anilines is 1. The third kappa shape index (κ3) is 7.38. The second-order valence-electron chi connectivity index (χ2n) is 13.2. The summed E-state index contributed by atoms with van der Waals surface area (Å²) in [6.07, 6.45) is 17.8. The van der Waals surface area contributed by atoms with E-state index >= 15 is 0 Å². The molecule has 1 unspecified atom stereocenters. The van der Waals surface area contributed by atoms with Crippen LogP contribution in [0.2, 0.25) is 0 Å². The number of benzene rings is 4. The Kier molecular flexibility index (Phi) is 10.3. The molecule has 0 saturated heterocycles. The van der Waals surface area contributed by atoms with E-state index in [2.05, 4.69) is 117 Å². The van der Waals surface area contributed by atoms with E-state index in [1.54, 1.807) is 0 Å². The zero-order chi connectivity index (χ0) is 35.9. The average molecular weight is 676 g/mol. The number of hydrogen-bond acceptors (Lipinski definition) is 5. The smallest absolute Gasteiger partial charge is 0.164 e. The molecular weight excluding hydrogens is 635 g/mol. The quantitative estimate of drug-likeness (QED) is 0.124. The van der Waals surface area contributed by atoms with Crippen molar-refractivity contribution in [3.8, 4) is 40.2 Å². The van der Waals surface area contributed by atoms with Gasteiger partial charge in [-0.05, 0) is 84.4 Å². The molecule has 5 heteroatoms. The van der Waals surface area contributed by atoms with E-state index in [-0.39, 0.29) is 5.92 Å². The molecule has 4 aromatic carbocycles. The minimum Gasteiger partial charge on any atom is -0.381 e. The highest BCUT2D eigenvalue weighted by molar-refractivity contribution is 5.86. The minimum absolute atomic E-state index is 0.140. The SMILES string of the molecule is C=C\C=C/C(C(=C1\CC=CCC1)/c1ccc(-c2nc(-c3ccccc3)nc(-c3ccc4c(c3)C=CCN4)n2)cc1)=C(\C)C(C)c1ccc(C#N)cc1. The Morgan fingerprint density at radius 2 is 1.52 bits per heavy atom. The van der Waals surface area contributed by atoms with Crippen LogP contribution in [0, 0.1) is 11.3 Å². The maximum Gasteiger partial charge on any atom is 0.164 e. The zero-order valence-corrected chi connectivity index (χ0v) is 29.7. The van der Waals surface area contributed by atoms with Gasteiger partial charge in [-0.1, -0.05) is 134 Å². The van der Waals surface area contributed by atoms with Crippen LogP contribution in [-0.2, 0) is 0 Å². The molecule has 2 aliphatic rings. The highest BCUT2D eigenvalue weighted by Gasteiger charge is 2.20. The van der Waals surface area contributed by atoms with Crippen LogP contribution < -0.4 is 5.32 Å². The molecule has 0 fully saturated rings. The largest absolute Gasteiger partial charge is 0.381 e. The van der Waals surface area contributed by atoms with Crippen molar-refractivity contribution in [2.75, 3.05) is 11.9 Å². The number of rotatable bonds is 9. The molecule has 1 aliphatic carbocycles. The van der Waals surface area contributed by atoms with Gasteiger partial charge < -0.3 is 5.32 Å². The lowest BCUT2D eigenvalue weighted by molar-refractivity contribution is 0.879. The van der Waals surface area contributed by atoms with E-state index < -0.39 is 0 Å². The summed E-state index contributed by atoms with van der Waals surface area (Å²) < 4.78 is 0. The van der Waals surface area contributed by atoms with Crippen LogP contribution in [-0.4, -0.2) is 21.5 Å². The molecule has 0 bridgehead atoms. The molecule has 5 nitrogen and oxygen atoms in total. The molecule has 0 saturated carbocycles. The van der Waals surface area contributed by atoms with Crippen LogP contribution in [0.3, 0.4) is 0 Å². The fraction of sp³-hybridized carbons (Fsp3) is 0.149. The van der Waals surface area contributed by atoms with Gasteiger partial charge in [0.25, 0.3) is 0 Å². The fourth-order valence-corrected chi connectivity index (χ4v) is 6.88.